The lowest BCUT2D eigenvalue weighted by Crippen LogP contribution is -2.36. The molecular weight excluding hydrogens is 330 g/mol. The molecule has 0 saturated carbocycles. The van der Waals surface area contributed by atoms with Crippen LogP contribution < -0.4 is 15.4 Å². The van der Waals surface area contributed by atoms with Crippen molar-refractivity contribution in [2.75, 3.05) is 18.5 Å². The highest BCUT2D eigenvalue weighted by atomic mass is 16.5. The Hall–Kier alpha value is -2.10. The standard InChI is InChI=1S/C20H31N3O3/c1-4-6-7-8-20(25)23-17-9-10-19(16(11-17)12-21)26-14-18(24)13-22-15(3)5-2/h9-11,15,18,22,24H,4-8,13-14H2,1-3H3,(H,23,25). The number of rotatable bonds is 12. The number of hydrogen-bond acceptors (Lipinski definition) is 5. The van der Waals surface area contributed by atoms with E-state index in [0.29, 0.717) is 36.0 Å². The van der Waals surface area contributed by atoms with E-state index in [1.165, 1.54) is 0 Å². The Morgan fingerprint density at radius 1 is 1.35 bits per heavy atom. The molecule has 3 N–H and O–H groups in total. The van der Waals surface area contributed by atoms with Crippen molar-refractivity contribution in [2.24, 2.45) is 0 Å². The van der Waals surface area contributed by atoms with Gasteiger partial charge in [-0.05, 0) is 38.0 Å². The maximum atomic E-state index is 11.9. The Labute approximate surface area is 156 Å². The minimum Gasteiger partial charge on any atom is -0.489 e. The summed E-state index contributed by atoms with van der Waals surface area (Å²) in [7, 11) is 0. The first kappa shape index (κ1) is 21.9. The third-order valence-electron chi connectivity index (χ3n) is 4.14. The van der Waals surface area contributed by atoms with Crippen molar-refractivity contribution in [3.8, 4) is 11.8 Å². The second kappa shape index (κ2) is 12.3. The first-order chi connectivity index (χ1) is 12.5. The van der Waals surface area contributed by atoms with Gasteiger partial charge in [-0.3, -0.25) is 4.79 Å². The zero-order chi connectivity index (χ0) is 19.4. The molecule has 0 heterocycles. The van der Waals surface area contributed by atoms with E-state index in [4.69, 9.17) is 4.74 Å². The quantitative estimate of drug-likeness (QED) is 0.497. The highest BCUT2D eigenvalue weighted by molar-refractivity contribution is 5.91. The molecule has 26 heavy (non-hydrogen) atoms. The van der Waals surface area contributed by atoms with E-state index >= 15 is 0 Å². The SMILES string of the molecule is CCCCCC(=O)Nc1ccc(OCC(O)CNC(C)CC)c(C#N)c1. The lowest BCUT2D eigenvalue weighted by molar-refractivity contribution is -0.116. The lowest BCUT2D eigenvalue weighted by atomic mass is 10.1. The van der Waals surface area contributed by atoms with Crippen molar-refractivity contribution in [2.45, 2.75) is 65.0 Å². The molecule has 2 atom stereocenters. The Bertz CT molecular complexity index is 598. The maximum absolute atomic E-state index is 11.9. The van der Waals surface area contributed by atoms with E-state index in [9.17, 15) is 15.2 Å². The molecule has 0 aliphatic rings. The van der Waals surface area contributed by atoms with E-state index < -0.39 is 6.10 Å². The predicted molar refractivity (Wildman–Crippen MR) is 103 cm³/mol. The second-order valence-electron chi connectivity index (χ2n) is 6.51. The smallest absolute Gasteiger partial charge is 0.224 e. The van der Waals surface area contributed by atoms with Crippen LogP contribution in [0.4, 0.5) is 5.69 Å². The summed E-state index contributed by atoms with van der Waals surface area (Å²) in [6, 6.07) is 7.35. The number of amides is 1. The number of hydrogen-bond donors (Lipinski definition) is 3. The number of anilines is 1. The van der Waals surface area contributed by atoms with Gasteiger partial charge < -0.3 is 20.5 Å². The van der Waals surface area contributed by atoms with Crippen LogP contribution in [0, 0.1) is 11.3 Å². The maximum Gasteiger partial charge on any atom is 0.224 e. The molecule has 1 rings (SSSR count). The zero-order valence-electron chi connectivity index (χ0n) is 16.0. The molecule has 0 bridgehead atoms. The lowest BCUT2D eigenvalue weighted by Gasteiger charge is -2.17. The van der Waals surface area contributed by atoms with Gasteiger partial charge in [-0.25, -0.2) is 0 Å². The molecule has 1 aromatic carbocycles. The summed E-state index contributed by atoms with van der Waals surface area (Å²) in [5.74, 6) is 0.349. The van der Waals surface area contributed by atoms with Crippen LogP contribution in [0.2, 0.25) is 0 Å². The molecular formula is C20H31N3O3. The number of nitrogens with zero attached hydrogens (tertiary/aromatic N) is 1. The normalized spacial score (nSPS) is 12.9. The van der Waals surface area contributed by atoms with Crippen molar-refractivity contribution >= 4 is 11.6 Å². The number of carbonyl (C=O) groups is 1. The molecule has 0 aromatic heterocycles. The fourth-order valence-electron chi connectivity index (χ4n) is 2.31. The third-order valence-corrected chi connectivity index (χ3v) is 4.14. The van der Waals surface area contributed by atoms with Gasteiger partial charge in [-0.2, -0.15) is 5.26 Å². The van der Waals surface area contributed by atoms with Crippen LogP contribution in [0.25, 0.3) is 0 Å². The van der Waals surface area contributed by atoms with Crippen molar-refractivity contribution < 1.29 is 14.6 Å². The summed E-state index contributed by atoms with van der Waals surface area (Å²) in [5, 5.41) is 25.3. The third kappa shape index (κ3) is 8.32. The van der Waals surface area contributed by atoms with Gasteiger partial charge in [0.25, 0.3) is 0 Å². The van der Waals surface area contributed by atoms with Crippen molar-refractivity contribution in [3.63, 3.8) is 0 Å². The Kier molecular flexibility index (Phi) is 10.4. The Balaban J connectivity index is 2.55. The van der Waals surface area contributed by atoms with Crippen LogP contribution >= 0.6 is 0 Å². The van der Waals surface area contributed by atoms with Crippen LogP contribution in [-0.4, -0.2) is 36.3 Å². The van der Waals surface area contributed by atoms with Crippen LogP contribution in [0.3, 0.4) is 0 Å². The molecule has 6 heteroatoms. The van der Waals surface area contributed by atoms with Gasteiger partial charge in [-0.15, -0.1) is 0 Å². The highest BCUT2D eigenvalue weighted by Gasteiger charge is 2.11. The van der Waals surface area contributed by atoms with Gasteiger partial charge in [0.15, 0.2) is 0 Å². The molecule has 2 unspecified atom stereocenters. The van der Waals surface area contributed by atoms with Crippen molar-refractivity contribution in [1.29, 1.82) is 5.26 Å². The summed E-state index contributed by atoms with van der Waals surface area (Å²) in [5.41, 5.74) is 0.910. The first-order valence-corrected chi connectivity index (χ1v) is 9.38. The topological polar surface area (TPSA) is 94.4 Å². The Morgan fingerprint density at radius 3 is 2.77 bits per heavy atom. The van der Waals surface area contributed by atoms with Gasteiger partial charge in [0.2, 0.25) is 5.91 Å². The van der Waals surface area contributed by atoms with E-state index in [2.05, 4.69) is 37.5 Å². The molecule has 1 aromatic rings. The molecule has 0 radical (unpaired) electrons. The average molecular weight is 361 g/mol. The van der Waals surface area contributed by atoms with Crippen LogP contribution in [0.1, 0.15) is 58.4 Å². The molecule has 0 saturated heterocycles. The fraction of sp³-hybridized carbons (Fsp3) is 0.600. The van der Waals surface area contributed by atoms with E-state index in [1.54, 1.807) is 18.2 Å². The summed E-state index contributed by atoms with van der Waals surface area (Å²) >= 11 is 0. The van der Waals surface area contributed by atoms with E-state index in [0.717, 1.165) is 25.7 Å². The van der Waals surface area contributed by atoms with Crippen molar-refractivity contribution in [1.82, 2.24) is 5.32 Å². The minimum atomic E-state index is -0.659. The molecule has 0 aliphatic heterocycles. The van der Waals surface area contributed by atoms with Crippen LogP contribution in [0.5, 0.6) is 5.75 Å². The summed E-state index contributed by atoms with van der Waals surface area (Å²) < 4.78 is 5.57. The molecule has 6 nitrogen and oxygen atoms in total. The van der Waals surface area contributed by atoms with Gasteiger partial charge in [0.05, 0.1) is 5.56 Å². The monoisotopic (exact) mass is 361 g/mol. The average Bonchev–Trinajstić information content (AvgIpc) is 2.64. The highest BCUT2D eigenvalue weighted by Crippen LogP contribution is 2.22. The zero-order valence-corrected chi connectivity index (χ0v) is 16.0. The molecule has 0 fully saturated rings. The number of aliphatic hydroxyl groups is 1. The summed E-state index contributed by atoms with van der Waals surface area (Å²) in [6.45, 7) is 6.75. The van der Waals surface area contributed by atoms with Crippen LogP contribution in [-0.2, 0) is 4.79 Å². The van der Waals surface area contributed by atoms with Gasteiger partial charge >= 0.3 is 0 Å². The van der Waals surface area contributed by atoms with Gasteiger partial charge in [0.1, 0.15) is 24.5 Å². The minimum absolute atomic E-state index is 0.0532. The molecule has 0 spiro atoms. The largest absolute Gasteiger partial charge is 0.489 e. The number of aliphatic hydroxyl groups excluding tert-OH is 1. The predicted octanol–water partition coefficient (Wildman–Crippen LogP) is 3.20. The second-order valence-corrected chi connectivity index (χ2v) is 6.51. The number of benzene rings is 1. The number of nitriles is 1. The molecule has 1 amide bonds. The summed E-state index contributed by atoms with van der Waals surface area (Å²) in [6.07, 6.45) is 3.75. The number of ether oxygens (including phenoxy) is 1. The van der Waals surface area contributed by atoms with Crippen LogP contribution in [0.15, 0.2) is 18.2 Å². The number of nitrogens with one attached hydrogen (secondary N) is 2. The first-order valence-electron chi connectivity index (χ1n) is 9.38. The summed E-state index contributed by atoms with van der Waals surface area (Å²) in [4.78, 5) is 11.9. The molecule has 144 valence electrons. The number of carbonyl (C=O) groups excluding carboxylic acids is 1. The van der Waals surface area contributed by atoms with E-state index in [1.807, 2.05) is 0 Å². The number of unbranched alkanes of at least 4 members (excludes halogenated alkanes) is 2. The van der Waals surface area contributed by atoms with E-state index in [-0.39, 0.29) is 12.5 Å². The Morgan fingerprint density at radius 2 is 2.12 bits per heavy atom. The van der Waals surface area contributed by atoms with Gasteiger partial charge in [-0.1, -0.05) is 26.7 Å². The molecule has 0 aliphatic carbocycles. The fourth-order valence-corrected chi connectivity index (χ4v) is 2.31. The van der Waals surface area contributed by atoms with Crippen molar-refractivity contribution in [3.05, 3.63) is 23.8 Å². The van der Waals surface area contributed by atoms with Gasteiger partial charge in [0, 0.05) is 24.7 Å².